The molecule has 0 N–H and O–H groups in total. The summed E-state index contributed by atoms with van der Waals surface area (Å²) in [5.74, 6) is 0.831. The number of aryl methyl sites for hydroxylation is 1. The molecule has 0 bridgehead atoms. The molecule has 3 aromatic rings. The number of hydrogen-bond donors (Lipinski definition) is 0. The van der Waals surface area contributed by atoms with Crippen molar-refractivity contribution in [1.29, 1.82) is 0 Å². The van der Waals surface area contributed by atoms with Gasteiger partial charge in [0.1, 0.15) is 12.1 Å². The second kappa shape index (κ2) is 8.21. The molecule has 1 saturated heterocycles. The number of carbonyl (C=O) groups excluding carboxylic acids is 1. The van der Waals surface area contributed by atoms with Gasteiger partial charge in [-0.1, -0.05) is 49.4 Å². The van der Waals surface area contributed by atoms with Crippen molar-refractivity contribution in [1.82, 2.24) is 14.9 Å². The molecule has 2 aromatic carbocycles. The van der Waals surface area contributed by atoms with E-state index in [1.54, 1.807) is 11.2 Å². The molecule has 0 aliphatic carbocycles. The Kier molecular flexibility index (Phi) is 5.49. The van der Waals surface area contributed by atoms with Crippen LogP contribution in [0.25, 0.3) is 22.0 Å². The van der Waals surface area contributed by atoms with Crippen LogP contribution in [0.15, 0.2) is 55.4 Å². The van der Waals surface area contributed by atoms with Gasteiger partial charge in [-0.05, 0) is 35.8 Å². The van der Waals surface area contributed by atoms with Crippen molar-refractivity contribution in [2.75, 3.05) is 31.1 Å². The number of amides is 1. The standard InChI is InChI=1S/C23H23ClN4O/c1-3-16-7-5-6-8-17(16)18-14-21-19(13-20(18)24)23(26-15-25-21)28-11-9-27(10-12-28)22(29)4-2/h4-8,13-15H,2-3,9-12H2,1H3. The first-order chi connectivity index (χ1) is 14.1. The SMILES string of the molecule is C=CC(=O)N1CCN(c2ncnc3cc(-c4ccccc4CC)c(Cl)cc23)CC1. The Bertz CT molecular complexity index is 1070. The Morgan fingerprint density at radius 1 is 1.14 bits per heavy atom. The molecule has 1 aliphatic rings. The summed E-state index contributed by atoms with van der Waals surface area (Å²) in [6, 6.07) is 12.3. The maximum atomic E-state index is 11.8. The van der Waals surface area contributed by atoms with Crippen LogP contribution in [0, 0.1) is 0 Å². The Hall–Kier alpha value is -2.92. The molecule has 29 heavy (non-hydrogen) atoms. The molecule has 1 fully saturated rings. The average molecular weight is 407 g/mol. The van der Waals surface area contributed by atoms with Crippen LogP contribution in [-0.2, 0) is 11.2 Å². The first-order valence-corrected chi connectivity index (χ1v) is 10.2. The van der Waals surface area contributed by atoms with Crippen LogP contribution in [0.1, 0.15) is 12.5 Å². The van der Waals surface area contributed by atoms with E-state index < -0.39 is 0 Å². The summed E-state index contributed by atoms with van der Waals surface area (Å²) in [4.78, 5) is 24.9. The normalized spacial score (nSPS) is 14.3. The molecular formula is C23H23ClN4O. The van der Waals surface area contributed by atoms with E-state index in [0.717, 1.165) is 34.3 Å². The molecule has 5 nitrogen and oxygen atoms in total. The highest BCUT2D eigenvalue weighted by Gasteiger charge is 2.22. The van der Waals surface area contributed by atoms with E-state index in [4.69, 9.17) is 11.6 Å². The van der Waals surface area contributed by atoms with Gasteiger partial charge in [-0.2, -0.15) is 0 Å². The number of halogens is 1. The van der Waals surface area contributed by atoms with Gasteiger partial charge in [0.2, 0.25) is 5.91 Å². The summed E-state index contributed by atoms with van der Waals surface area (Å²) < 4.78 is 0. The lowest BCUT2D eigenvalue weighted by Crippen LogP contribution is -2.48. The quantitative estimate of drug-likeness (QED) is 0.604. The van der Waals surface area contributed by atoms with E-state index in [1.807, 2.05) is 18.2 Å². The number of aromatic nitrogens is 2. The predicted molar refractivity (Wildman–Crippen MR) is 118 cm³/mol. The molecule has 0 spiro atoms. The molecule has 1 aliphatic heterocycles. The van der Waals surface area contributed by atoms with E-state index in [-0.39, 0.29) is 5.91 Å². The van der Waals surface area contributed by atoms with Crippen molar-refractivity contribution in [2.45, 2.75) is 13.3 Å². The van der Waals surface area contributed by atoms with E-state index in [0.29, 0.717) is 31.2 Å². The van der Waals surface area contributed by atoms with Crippen LogP contribution in [0.3, 0.4) is 0 Å². The summed E-state index contributed by atoms with van der Waals surface area (Å²) in [5.41, 5.74) is 4.25. The van der Waals surface area contributed by atoms with Crippen LogP contribution < -0.4 is 4.90 Å². The monoisotopic (exact) mass is 406 g/mol. The summed E-state index contributed by atoms with van der Waals surface area (Å²) >= 11 is 6.72. The lowest BCUT2D eigenvalue weighted by Gasteiger charge is -2.35. The zero-order valence-electron chi connectivity index (χ0n) is 16.4. The van der Waals surface area contributed by atoms with E-state index in [2.05, 4.69) is 46.6 Å². The molecule has 1 aromatic heterocycles. The van der Waals surface area contributed by atoms with Gasteiger partial charge in [-0.25, -0.2) is 9.97 Å². The fraction of sp³-hybridized carbons (Fsp3) is 0.261. The molecule has 148 valence electrons. The minimum absolute atomic E-state index is 0.0283. The number of fused-ring (bicyclic) bond motifs is 1. The second-order valence-corrected chi connectivity index (χ2v) is 7.48. The maximum absolute atomic E-state index is 11.8. The molecule has 0 unspecified atom stereocenters. The zero-order valence-corrected chi connectivity index (χ0v) is 17.2. The van der Waals surface area contributed by atoms with Gasteiger partial charge in [-0.3, -0.25) is 4.79 Å². The van der Waals surface area contributed by atoms with Gasteiger partial charge in [-0.15, -0.1) is 0 Å². The number of nitrogens with zero attached hydrogens (tertiary/aromatic N) is 4. The Balaban J connectivity index is 1.71. The van der Waals surface area contributed by atoms with Crippen LogP contribution in [0.4, 0.5) is 5.82 Å². The third-order valence-electron chi connectivity index (χ3n) is 5.46. The van der Waals surface area contributed by atoms with Crippen molar-refractivity contribution in [2.24, 2.45) is 0 Å². The molecular weight excluding hydrogens is 384 g/mol. The zero-order chi connectivity index (χ0) is 20.4. The largest absolute Gasteiger partial charge is 0.352 e. The third-order valence-corrected chi connectivity index (χ3v) is 5.77. The maximum Gasteiger partial charge on any atom is 0.246 e. The first-order valence-electron chi connectivity index (χ1n) is 9.81. The highest BCUT2D eigenvalue weighted by Crippen LogP contribution is 2.36. The number of carbonyl (C=O) groups is 1. The van der Waals surface area contributed by atoms with Crippen molar-refractivity contribution in [3.8, 4) is 11.1 Å². The van der Waals surface area contributed by atoms with E-state index in [1.165, 1.54) is 11.6 Å². The molecule has 6 heteroatoms. The Morgan fingerprint density at radius 2 is 1.90 bits per heavy atom. The van der Waals surface area contributed by atoms with E-state index >= 15 is 0 Å². The summed E-state index contributed by atoms with van der Waals surface area (Å²) in [5, 5.41) is 1.62. The topological polar surface area (TPSA) is 49.3 Å². The lowest BCUT2D eigenvalue weighted by atomic mass is 9.97. The average Bonchev–Trinajstić information content (AvgIpc) is 2.78. The summed E-state index contributed by atoms with van der Waals surface area (Å²) in [7, 11) is 0. The van der Waals surface area contributed by atoms with Gasteiger partial charge < -0.3 is 9.80 Å². The van der Waals surface area contributed by atoms with Gasteiger partial charge in [0.15, 0.2) is 0 Å². The smallest absolute Gasteiger partial charge is 0.246 e. The Labute approximate surface area is 175 Å². The fourth-order valence-corrected chi connectivity index (χ4v) is 4.15. The lowest BCUT2D eigenvalue weighted by molar-refractivity contribution is -0.126. The molecule has 4 rings (SSSR count). The van der Waals surface area contributed by atoms with Gasteiger partial charge in [0, 0.05) is 42.2 Å². The molecule has 2 heterocycles. The molecule has 1 amide bonds. The number of anilines is 1. The number of benzene rings is 2. The number of rotatable bonds is 4. The summed E-state index contributed by atoms with van der Waals surface area (Å²) in [6.45, 7) is 8.43. The van der Waals surface area contributed by atoms with Gasteiger partial charge >= 0.3 is 0 Å². The van der Waals surface area contributed by atoms with Crippen LogP contribution >= 0.6 is 11.6 Å². The highest BCUT2D eigenvalue weighted by molar-refractivity contribution is 6.34. The second-order valence-electron chi connectivity index (χ2n) is 7.07. The van der Waals surface area contributed by atoms with Gasteiger partial charge in [0.25, 0.3) is 0 Å². The van der Waals surface area contributed by atoms with Gasteiger partial charge in [0.05, 0.1) is 5.52 Å². The predicted octanol–water partition coefficient (Wildman–Crippen LogP) is 4.35. The van der Waals surface area contributed by atoms with Crippen LogP contribution in [0.2, 0.25) is 5.02 Å². The Morgan fingerprint density at radius 3 is 2.62 bits per heavy atom. The summed E-state index contributed by atoms with van der Waals surface area (Å²) in [6.07, 6.45) is 3.90. The minimum atomic E-state index is -0.0283. The van der Waals surface area contributed by atoms with Crippen molar-refractivity contribution >= 4 is 34.2 Å². The number of piperazine rings is 1. The fourth-order valence-electron chi connectivity index (χ4n) is 3.88. The molecule has 0 radical (unpaired) electrons. The molecule has 0 atom stereocenters. The minimum Gasteiger partial charge on any atom is -0.352 e. The molecule has 0 saturated carbocycles. The van der Waals surface area contributed by atoms with Crippen molar-refractivity contribution < 1.29 is 4.79 Å². The van der Waals surface area contributed by atoms with Crippen molar-refractivity contribution in [3.63, 3.8) is 0 Å². The van der Waals surface area contributed by atoms with Crippen molar-refractivity contribution in [3.05, 3.63) is 66.0 Å². The number of hydrogen-bond acceptors (Lipinski definition) is 4. The highest BCUT2D eigenvalue weighted by atomic mass is 35.5. The third kappa shape index (κ3) is 3.70. The van der Waals surface area contributed by atoms with Crippen LogP contribution in [0.5, 0.6) is 0 Å². The van der Waals surface area contributed by atoms with Crippen LogP contribution in [-0.4, -0.2) is 47.0 Å². The first kappa shape index (κ1) is 19.4. The van der Waals surface area contributed by atoms with E-state index in [9.17, 15) is 4.79 Å².